The third kappa shape index (κ3) is 4.31. The van der Waals surface area contributed by atoms with Gasteiger partial charge in [0, 0.05) is 31.4 Å². The predicted molar refractivity (Wildman–Crippen MR) is 102 cm³/mol. The van der Waals surface area contributed by atoms with Gasteiger partial charge >= 0.3 is 0 Å². The molecule has 3 rings (SSSR count). The van der Waals surface area contributed by atoms with Gasteiger partial charge in [0.2, 0.25) is 10.0 Å². The second-order valence-electron chi connectivity index (χ2n) is 6.51. The number of morpholine rings is 1. The molecule has 2 aliphatic heterocycles. The van der Waals surface area contributed by atoms with Crippen LogP contribution in [0.4, 0.5) is 5.69 Å². The van der Waals surface area contributed by atoms with E-state index in [0.29, 0.717) is 42.4 Å². The van der Waals surface area contributed by atoms with Gasteiger partial charge in [0.1, 0.15) is 0 Å². The molecule has 0 bridgehead atoms. The summed E-state index contributed by atoms with van der Waals surface area (Å²) in [6.45, 7) is 4.85. The molecule has 1 atom stereocenters. The quantitative estimate of drug-likeness (QED) is 0.808. The number of hydrogen-bond donors (Lipinski definition) is 1. The number of likely N-dealkylation sites (tertiary alicyclic amines) is 1. The first-order valence-corrected chi connectivity index (χ1v) is 10.6. The summed E-state index contributed by atoms with van der Waals surface area (Å²) in [6, 6.07) is 7.25. The van der Waals surface area contributed by atoms with E-state index in [0.717, 1.165) is 25.1 Å². The molecule has 6 nitrogen and oxygen atoms in total. The standard InChI is InChI=1S/C17H25N3O3S2/c1-14-4-2-3-9-20(14)17(24)18-15-5-7-16(8-6-15)25(21,22)19-10-12-23-13-11-19/h5-8,14H,2-4,9-13H2,1H3,(H,18,24)/t14-/m1/s1. The van der Waals surface area contributed by atoms with Crippen molar-refractivity contribution >= 4 is 33.0 Å². The van der Waals surface area contributed by atoms with Crippen molar-refractivity contribution in [3.05, 3.63) is 24.3 Å². The Morgan fingerprint density at radius 2 is 1.84 bits per heavy atom. The molecule has 25 heavy (non-hydrogen) atoms. The zero-order chi connectivity index (χ0) is 17.9. The van der Waals surface area contributed by atoms with Crippen LogP contribution in [0.1, 0.15) is 26.2 Å². The number of rotatable bonds is 3. The van der Waals surface area contributed by atoms with Crippen LogP contribution in [0.2, 0.25) is 0 Å². The summed E-state index contributed by atoms with van der Waals surface area (Å²) in [4.78, 5) is 2.51. The Morgan fingerprint density at radius 1 is 1.16 bits per heavy atom. The average Bonchev–Trinajstić information content (AvgIpc) is 2.63. The number of benzene rings is 1. The monoisotopic (exact) mass is 383 g/mol. The molecular weight excluding hydrogens is 358 g/mol. The maximum atomic E-state index is 12.6. The minimum absolute atomic E-state index is 0.303. The fourth-order valence-electron chi connectivity index (χ4n) is 3.24. The van der Waals surface area contributed by atoms with E-state index in [1.165, 1.54) is 10.7 Å². The first-order chi connectivity index (χ1) is 12.0. The van der Waals surface area contributed by atoms with E-state index in [4.69, 9.17) is 17.0 Å². The summed E-state index contributed by atoms with van der Waals surface area (Å²) in [5, 5.41) is 3.93. The normalized spacial score (nSPS) is 22.6. The summed E-state index contributed by atoms with van der Waals surface area (Å²) in [5.41, 5.74) is 0.809. The fraction of sp³-hybridized carbons (Fsp3) is 0.588. The van der Waals surface area contributed by atoms with E-state index >= 15 is 0 Å². The van der Waals surface area contributed by atoms with Gasteiger partial charge in [-0.2, -0.15) is 4.31 Å². The third-order valence-corrected chi connectivity index (χ3v) is 7.03. The van der Waals surface area contributed by atoms with Crippen molar-refractivity contribution in [3.63, 3.8) is 0 Å². The molecule has 2 heterocycles. The molecule has 2 aliphatic rings. The number of anilines is 1. The lowest BCUT2D eigenvalue weighted by molar-refractivity contribution is 0.0730. The molecule has 2 saturated heterocycles. The van der Waals surface area contributed by atoms with Crippen LogP contribution < -0.4 is 5.32 Å². The fourth-order valence-corrected chi connectivity index (χ4v) is 5.04. The molecule has 0 aromatic heterocycles. The van der Waals surface area contributed by atoms with Crippen molar-refractivity contribution in [3.8, 4) is 0 Å². The van der Waals surface area contributed by atoms with E-state index in [-0.39, 0.29) is 0 Å². The first-order valence-electron chi connectivity index (χ1n) is 8.74. The van der Waals surface area contributed by atoms with Crippen molar-refractivity contribution in [2.45, 2.75) is 37.1 Å². The number of nitrogens with one attached hydrogen (secondary N) is 1. The second-order valence-corrected chi connectivity index (χ2v) is 8.83. The van der Waals surface area contributed by atoms with E-state index in [1.54, 1.807) is 24.3 Å². The molecule has 0 radical (unpaired) electrons. The van der Waals surface area contributed by atoms with Crippen LogP contribution in [-0.2, 0) is 14.8 Å². The number of ether oxygens (including phenoxy) is 1. The Kier molecular flexibility index (Phi) is 5.93. The van der Waals surface area contributed by atoms with Crippen LogP contribution in [0.3, 0.4) is 0 Å². The Labute approximate surface area is 155 Å². The van der Waals surface area contributed by atoms with Crippen LogP contribution in [0.25, 0.3) is 0 Å². The smallest absolute Gasteiger partial charge is 0.243 e. The Bertz CT molecular complexity index is 700. The lowest BCUT2D eigenvalue weighted by Gasteiger charge is -2.35. The minimum Gasteiger partial charge on any atom is -0.379 e. The van der Waals surface area contributed by atoms with Crippen LogP contribution in [0, 0.1) is 0 Å². The van der Waals surface area contributed by atoms with Gasteiger partial charge in [0.25, 0.3) is 0 Å². The lowest BCUT2D eigenvalue weighted by atomic mass is 10.0. The van der Waals surface area contributed by atoms with Gasteiger partial charge in [0.05, 0.1) is 18.1 Å². The summed E-state index contributed by atoms with van der Waals surface area (Å²) in [6.07, 6.45) is 3.55. The van der Waals surface area contributed by atoms with E-state index < -0.39 is 10.0 Å². The number of piperidine rings is 1. The highest BCUT2D eigenvalue weighted by atomic mass is 32.2. The molecule has 1 aromatic rings. The SMILES string of the molecule is C[C@@H]1CCCCN1C(=S)Nc1ccc(S(=O)(=O)N2CCOCC2)cc1. The molecule has 0 aliphatic carbocycles. The zero-order valence-corrected chi connectivity index (χ0v) is 16.1. The Hall–Kier alpha value is -1.22. The average molecular weight is 384 g/mol. The second kappa shape index (κ2) is 7.99. The molecule has 0 unspecified atom stereocenters. The first kappa shape index (κ1) is 18.6. The summed E-state index contributed by atoms with van der Waals surface area (Å²) >= 11 is 5.52. The van der Waals surface area contributed by atoms with Crippen molar-refractivity contribution in [1.82, 2.24) is 9.21 Å². The van der Waals surface area contributed by atoms with Gasteiger partial charge in [-0.05, 0) is 62.7 Å². The predicted octanol–water partition coefficient (Wildman–Crippen LogP) is 2.28. The van der Waals surface area contributed by atoms with Gasteiger partial charge < -0.3 is 15.0 Å². The Morgan fingerprint density at radius 3 is 2.48 bits per heavy atom. The molecule has 0 saturated carbocycles. The summed E-state index contributed by atoms with van der Waals surface area (Å²) in [5.74, 6) is 0. The van der Waals surface area contributed by atoms with Gasteiger partial charge in [-0.3, -0.25) is 0 Å². The van der Waals surface area contributed by atoms with Crippen LogP contribution in [0.15, 0.2) is 29.2 Å². The van der Waals surface area contributed by atoms with Gasteiger partial charge in [-0.1, -0.05) is 0 Å². The van der Waals surface area contributed by atoms with Crippen LogP contribution in [-0.4, -0.2) is 61.6 Å². The highest BCUT2D eigenvalue weighted by molar-refractivity contribution is 7.89. The molecule has 8 heteroatoms. The van der Waals surface area contributed by atoms with Crippen molar-refractivity contribution in [2.75, 3.05) is 38.2 Å². The van der Waals surface area contributed by atoms with Crippen molar-refractivity contribution in [1.29, 1.82) is 0 Å². The van der Waals surface area contributed by atoms with Crippen LogP contribution in [0.5, 0.6) is 0 Å². The molecule has 0 amide bonds. The molecule has 2 fully saturated rings. The number of sulfonamides is 1. The molecule has 1 aromatic carbocycles. The summed E-state index contributed by atoms with van der Waals surface area (Å²) < 4.78 is 31.9. The topological polar surface area (TPSA) is 61.9 Å². The molecule has 1 N–H and O–H groups in total. The third-order valence-electron chi connectivity index (χ3n) is 4.78. The van der Waals surface area contributed by atoms with E-state index in [9.17, 15) is 8.42 Å². The number of nitrogens with zero attached hydrogens (tertiary/aromatic N) is 2. The minimum atomic E-state index is -3.45. The van der Waals surface area contributed by atoms with Gasteiger partial charge in [0.15, 0.2) is 5.11 Å². The summed E-state index contributed by atoms with van der Waals surface area (Å²) in [7, 11) is -3.45. The van der Waals surface area contributed by atoms with Gasteiger partial charge in [-0.15, -0.1) is 0 Å². The molecule has 138 valence electrons. The Balaban J connectivity index is 1.66. The molecule has 0 spiro atoms. The highest BCUT2D eigenvalue weighted by Crippen LogP contribution is 2.21. The van der Waals surface area contributed by atoms with E-state index in [1.807, 2.05) is 0 Å². The largest absolute Gasteiger partial charge is 0.379 e. The lowest BCUT2D eigenvalue weighted by Crippen LogP contribution is -2.44. The molecular formula is C17H25N3O3S2. The maximum absolute atomic E-state index is 12.6. The highest BCUT2D eigenvalue weighted by Gasteiger charge is 2.26. The maximum Gasteiger partial charge on any atom is 0.243 e. The zero-order valence-electron chi connectivity index (χ0n) is 14.5. The van der Waals surface area contributed by atoms with Crippen molar-refractivity contribution in [2.24, 2.45) is 0 Å². The van der Waals surface area contributed by atoms with Crippen molar-refractivity contribution < 1.29 is 13.2 Å². The van der Waals surface area contributed by atoms with Gasteiger partial charge in [-0.25, -0.2) is 8.42 Å². The van der Waals surface area contributed by atoms with E-state index in [2.05, 4.69) is 17.1 Å². The number of hydrogen-bond acceptors (Lipinski definition) is 4. The van der Waals surface area contributed by atoms with Crippen LogP contribution >= 0.6 is 12.2 Å². The number of thiocarbonyl (C=S) groups is 1.